The number of hydrogen-bond acceptors (Lipinski definition) is 5. The van der Waals surface area contributed by atoms with Gasteiger partial charge in [-0.3, -0.25) is 9.59 Å². The van der Waals surface area contributed by atoms with Crippen molar-refractivity contribution in [3.63, 3.8) is 0 Å². The Morgan fingerprint density at radius 2 is 1.83 bits per heavy atom. The summed E-state index contributed by atoms with van der Waals surface area (Å²) in [6.45, 7) is 1.48. The molecule has 8 nitrogen and oxygen atoms in total. The number of carbonyl (C=O) groups excluding carboxylic acids is 2. The summed E-state index contributed by atoms with van der Waals surface area (Å²) in [5.41, 5.74) is 2.55. The van der Waals surface area contributed by atoms with Crippen molar-refractivity contribution in [1.82, 2.24) is 4.98 Å². The van der Waals surface area contributed by atoms with Crippen LogP contribution in [0.1, 0.15) is 25.3 Å². The first-order valence-electron chi connectivity index (χ1n) is 9.42. The number of sulfonamides is 1. The standard InChI is InChI=1S/C21H23N3O5S/c1-14(21(26)24-16-9-11-17(12-10-16)30(22,27)28)29-20(25)8-4-5-15-13-23-19-7-3-2-6-18(15)19/h2-3,6-7,9-14,23H,4-5,8H2,1H3,(H,24,26)(H2,22,27,28)/t14-/m0/s1. The number of primary sulfonamides is 1. The predicted octanol–water partition coefficient (Wildman–Crippen LogP) is 2.71. The highest BCUT2D eigenvalue weighted by molar-refractivity contribution is 7.89. The number of aryl methyl sites for hydroxylation is 1. The van der Waals surface area contributed by atoms with Gasteiger partial charge in [-0.15, -0.1) is 0 Å². The minimum absolute atomic E-state index is 0.0600. The third-order valence-electron chi connectivity index (χ3n) is 4.63. The molecule has 0 saturated carbocycles. The zero-order valence-corrected chi connectivity index (χ0v) is 17.2. The SMILES string of the molecule is C[C@H](OC(=O)CCCc1c[nH]c2ccccc12)C(=O)Nc1ccc(S(N)(=O)=O)cc1. The molecule has 3 aromatic rings. The van der Waals surface area contributed by atoms with E-state index >= 15 is 0 Å². The normalized spacial score (nSPS) is 12.5. The number of esters is 1. The Morgan fingerprint density at radius 3 is 2.53 bits per heavy atom. The molecular weight excluding hydrogens is 406 g/mol. The average molecular weight is 429 g/mol. The van der Waals surface area contributed by atoms with Gasteiger partial charge < -0.3 is 15.0 Å². The van der Waals surface area contributed by atoms with E-state index in [2.05, 4.69) is 10.3 Å². The molecule has 4 N–H and O–H groups in total. The number of ether oxygens (including phenoxy) is 1. The molecule has 0 aliphatic heterocycles. The fourth-order valence-electron chi connectivity index (χ4n) is 3.04. The highest BCUT2D eigenvalue weighted by Gasteiger charge is 2.18. The van der Waals surface area contributed by atoms with Gasteiger partial charge in [-0.25, -0.2) is 13.6 Å². The zero-order valence-electron chi connectivity index (χ0n) is 16.4. The van der Waals surface area contributed by atoms with Gasteiger partial charge in [0, 0.05) is 29.2 Å². The summed E-state index contributed by atoms with van der Waals surface area (Å²) in [7, 11) is -3.80. The van der Waals surface area contributed by atoms with Crippen LogP contribution in [0.15, 0.2) is 59.6 Å². The van der Waals surface area contributed by atoms with Gasteiger partial charge >= 0.3 is 5.97 Å². The molecule has 0 bridgehead atoms. The maximum Gasteiger partial charge on any atom is 0.306 e. The van der Waals surface area contributed by atoms with E-state index < -0.39 is 28.0 Å². The number of anilines is 1. The summed E-state index contributed by atoms with van der Waals surface area (Å²) in [5.74, 6) is -0.967. The van der Waals surface area contributed by atoms with E-state index in [1.54, 1.807) is 0 Å². The zero-order chi connectivity index (χ0) is 21.7. The van der Waals surface area contributed by atoms with Crippen molar-refractivity contribution in [3.8, 4) is 0 Å². The van der Waals surface area contributed by atoms with Crippen molar-refractivity contribution in [3.05, 3.63) is 60.3 Å². The van der Waals surface area contributed by atoms with Crippen LogP contribution in [0.4, 0.5) is 5.69 Å². The summed E-state index contributed by atoms with van der Waals surface area (Å²) in [6, 6.07) is 13.3. The van der Waals surface area contributed by atoms with E-state index in [4.69, 9.17) is 9.88 Å². The fraction of sp³-hybridized carbons (Fsp3) is 0.238. The molecule has 0 aliphatic rings. The van der Waals surface area contributed by atoms with Crippen LogP contribution in [-0.4, -0.2) is 31.4 Å². The molecule has 0 spiro atoms. The van der Waals surface area contributed by atoms with Crippen molar-refractivity contribution in [2.75, 3.05) is 5.32 Å². The van der Waals surface area contributed by atoms with Gasteiger partial charge in [-0.1, -0.05) is 18.2 Å². The minimum Gasteiger partial charge on any atom is -0.453 e. The summed E-state index contributed by atoms with van der Waals surface area (Å²) in [6.07, 6.45) is 2.47. The van der Waals surface area contributed by atoms with Crippen molar-refractivity contribution < 1.29 is 22.7 Å². The number of benzene rings is 2. The first-order valence-corrected chi connectivity index (χ1v) is 11.0. The smallest absolute Gasteiger partial charge is 0.306 e. The lowest BCUT2D eigenvalue weighted by Gasteiger charge is -2.13. The summed E-state index contributed by atoms with van der Waals surface area (Å²) in [4.78, 5) is 27.4. The van der Waals surface area contributed by atoms with Gasteiger partial charge in [-0.2, -0.15) is 0 Å². The second kappa shape index (κ2) is 9.10. The van der Waals surface area contributed by atoms with Crippen LogP contribution in [0, 0.1) is 0 Å². The van der Waals surface area contributed by atoms with Gasteiger partial charge in [-0.05, 0) is 55.7 Å². The Labute approximate surface area is 174 Å². The molecule has 1 amide bonds. The highest BCUT2D eigenvalue weighted by atomic mass is 32.2. The van der Waals surface area contributed by atoms with Gasteiger partial charge in [0.1, 0.15) is 0 Å². The molecule has 0 fully saturated rings. The van der Waals surface area contributed by atoms with Crippen LogP contribution in [-0.2, 0) is 30.8 Å². The lowest BCUT2D eigenvalue weighted by molar-refractivity contribution is -0.153. The van der Waals surface area contributed by atoms with E-state index in [0.717, 1.165) is 22.9 Å². The van der Waals surface area contributed by atoms with Crippen molar-refractivity contribution in [1.29, 1.82) is 0 Å². The molecule has 1 atom stereocenters. The monoisotopic (exact) mass is 429 g/mol. The van der Waals surface area contributed by atoms with Crippen LogP contribution >= 0.6 is 0 Å². The quantitative estimate of drug-likeness (QED) is 0.474. The molecule has 1 heterocycles. The minimum atomic E-state index is -3.80. The Kier molecular flexibility index (Phi) is 6.53. The first-order chi connectivity index (χ1) is 14.2. The number of aromatic nitrogens is 1. The number of fused-ring (bicyclic) bond motifs is 1. The molecule has 9 heteroatoms. The van der Waals surface area contributed by atoms with Gasteiger partial charge in [0.05, 0.1) is 4.90 Å². The van der Waals surface area contributed by atoms with Crippen LogP contribution in [0.3, 0.4) is 0 Å². The topological polar surface area (TPSA) is 131 Å². The molecule has 3 rings (SSSR count). The molecule has 1 aromatic heterocycles. The summed E-state index contributed by atoms with van der Waals surface area (Å²) < 4.78 is 27.7. The van der Waals surface area contributed by atoms with E-state index in [9.17, 15) is 18.0 Å². The molecular formula is C21H23N3O5S. The van der Waals surface area contributed by atoms with E-state index in [1.807, 2.05) is 30.5 Å². The Balaban J connectivity index is 1.46. The highest BCUT2D eigenvalue weighted by Crippen LogP contribution is 2.19. The molecule has 30 heavy (non-hydrogen) atoms. The molecule has 0 unspecified atom stereocenters. The molecule has 2 aromatic carbocycles. The maximum atomic E-state index is 12.2. The largest absolute Gasteiger partial charge is 0.453 e. The van der Waals surface area contributed by atoms with Crippen molar-refractivity contribution in [2.24, 2.45) is 5.14 Å². The van der Waals surface area contributed by atoms with Crippen LogP contribution in [0.5, 0.6) is 0 Å². The maximum absolute atomic E-state index is 12.2. The second-order valence-electron chi connectivity index (χ2n) is 6.90. The molecule has 0 radical (unpaired) electrons. The Hall–Kier alpha value is -3.17. The average Bonchev–Trinajstić information content (AvgIpc) is 3.11. The Morgan fingerprint density at radius 1 is 1.13 bits per heavy atom. The van der Waals surface area contributed by atoms with Crippen LogP contribution in [0.2, 0.25) is 0 Å². The van der Waals surface area contributed by atoms with Crippen molar-refractivity contribution in [2.45, 2.75) is 37.2 Å². The lowest BCUT2D eigenvalue weighted by atomic mass is 10.1. The molecule has 0 saturated heterocycles. The van der Waals surface area contributed by atoms with Crippen molar-refractivity contribution >= 4 is 38.5 Å². The van der Waals surface area contributed by atoms with Crippen LogP contribution < -0.4 is 10.5 Å². The summed E-state index contributed by atoms with van der Waals surface area (Å²) in [5, 5.41) is 8.73. The van der Waals surface area contributed by atoms with Gasteiger partial charge in [0.2, 0.25) is 10.0 Å². The number of nitrogens with one attached hydrogen (secondary N) is 2. The third-order valence-corrected chi connectivity index (χ3v) is 5.56. The number of H-pyrrole nitrogens is 1. The first kappa shape index (κ1) is 21.5. The lowest BCUT2D eigenvalue weighted by Crippen LogP contribution is -2.30. The summed E-state index contributed by atoms with van der Waals surface area (Å²) >= 11 is 0. The third kappa shape index (κ3) is 5.46. The van der Waals surface area contributed by atoms with E-state index in [-0.39, 0.29) is 11.3 Å². The number of carbonyl (C=O) groups is 2. The number of para-hydroxylation sites is 1. The Bertz CT molecular complexity index is 1150. The number of hydrogen-bond donors (Lipinski definition) is 3. The second-order valence-corrected chi connectivity index (χ2v) is 8.47. The molecule has 158 valence electrons. The van der Waals surface area contributed by atoms with Gasteiger partial charge in [0.25, 0.3) is 5.91 Å². The fourth-order valence-corrected chi connectivity index (χ4v) is 3.56. The van der Waals surface area contributed by atoms with Gasteiger partial charge in [0.15, 0.2) is 6.10 Å². The number of rotatable bonds is 8. The predicted molar refractivity (Wildman–Crippen MR) is 113 cm³/mol. The number of amides is 1. The van der Waals surface area contributed by atoms with E-state index in [1.165, 1.54) is 31.2 Å². The van der Waals surface area contributed by atoms with E-state index in [0.29, 0.717) is 12.1 Å². The number of nitrogens with two attached hydrogens (primary N) is 1. The van der Waals surface area contributed by atoms with Crippen LogP contribution in [0.25, 0.3) is 10.9 Å². The number of aromatic amines is 1. The molecule has 0 aliphatic carbocycles.